The van der Waals surface area contributed by atoms with Gasteiger partial charge in [-0.1, -0.05) is 29.8 Å². The highest BCUT2D eigenvalue weighted by atomic mass is 35.5. The van der Waals surface area contributed by atoms with Crippen molar-refractivity contribution in [2.24, 2.45) is 5.92 Å². The number of rotatable bonds is 7. The molecule has 0 aliphatic carbocycles. The van der Waals surface area contributed by atoms with Crippen molar-refractivity contribution < 1.29 is 9.72 Å². The van der Waals surface area contributed by atoms with Crippen molar-refractivity contribution in [3.63, 3.8) is 0 Å². The largest absolute Gasteiger partial charge is 0.375 e. The van der Waals surface area contributed by atoms with Crippen LogP contribution in [0.5, 0.6) is 0 Å². The Labute approximate surface area is 155 Å². The van der Waals surface area contributed by atoms with E-state index in [1.807, 2.05) is 18.2 Å². The van der Waals surface area contributed by atoms with Crippen molar-refractivity contribution in [1.29, 1.82) is 0 Å². The fraction of sp³-hybridized carbons (Fsp3) is 0.278. The maximum absolute atomic E-state index is 12.2. The van der Waals surface area contributed by atoms with Gasteiger partial charge >= 0.3 is 0 Å². The van der Waals surface area contributed by atoms with Crippen LogP contribution >= 0.6 is 11.6 Å². The third-order valence-corrected chi connectivity index (χ3v) is 4.67. The molecule has 7 nitrogen and oxygen atoms in total. The molecule has 26 heavy (non-hydrogen) atoms. The van der Waals surface area contributed by atoms with E-state index in [2.05, 4.69) is 16.0 Å². The van der Waals surface area contributed by atoms with Crippen molar-refractivity contribution in [2.75, 3.05) is 25.0 Å². The van der Waals surface area contributed by atoms with E-state index >= 15 is 0 Å². The van der Waals surface area contributed by atoms with E-state index in [4.69, 9.17) is 11.6 Å². The van der Waals surface area contributed by atoms with E-state index in [0.29, 0.717) is 29.7 Å². The first-order valence-corrected chi connectivity index (χ1v) is 8.67. The van der Waals surface area contributed by atoms with Gasteiger partial charge in [0.05, 0.1) is 4.92 Å². The molecule has 1 aliphatic heterocycles. The number of nitro groups is 1. The van der Waals surface area contributed by atoms with Crippen molar-refractivity contribution in [3.05, 3.63) is 68.7 Å². The van der Waals surface area contributed by atoms with Crippen molar-refractivity contribution in [1.82, 2.24) is 10.6 Å². The molecule has 1 aliphatic rings. The topological polar surface area (TPSA) is 96.3 Å². The number of halogens is 1. The van der Waals surface area contributed by atoms with E-state index in [1.54, 1.807) is 18.2 Å². The summed E-state index contributed by atoms with van der Waals surface area (Å²) in [6.45, 7) is 2.67. The molecule has 0 bridgehead atoms. The number of nitrogens with one attached hydrogen (secondary N) is 3. The van der Waals surface area contributed by atoms with Gasteiger partial charge in [-0.3, -0.25) is 14.9 Å². The number of nitrogens with zero attached hydrogens (tertiary/aromatic N) is 1. The van der Waals surface area contributed by atoms with Crippen LogP contribution in [0.4, 0.5) is 11.4 Å². The SMILES string of the molecule is O=C(NCC1CNC1)c1ccc(NCc2ccccc2Cl)c([N+](=O)[O-])c1. The smallest absolute Gasteiger partial charge is 0.293 e. The van der Waals surface area contributed by atoms with Gasteiger partial charge in [0, 0.05) is 48.7 Å². The minimum absolute atomic E-state index is 0.144. The number of hydrogen-bond donors (Lipinski definition) is 3. The zero-order valence-electron chi connectivity index (χ0n) is 14.0. The maximum atomic E-state index is 12.2. The quantitative estimate of drug-likeness (QED) is 0.511. The van der Waals surface area contributed by atoms with E-state index < -0.39 is 4.92 Å². The van der Waals surface area contributed by atoms with Gasteiger partial charge in [-0.25, -0.2) is 0 Å². The molecule has 1 saturated heterocycles. The molecule has 3 N–H and O–H groups in total. The number of benzene rings is 2. The van der Waals surface area contributed by atoms with Crippen molar-refractivity contribution in [2.45, 2.75) is 6.54 Å². The second-order valence-electron chi connectivity index (χ2n) is 6.17. The molecule has 2 aromatic rings. The molecule has 1 amide bonds. The number of carbonyl (C=O) groups excluding carboxylic acids is 1. The third-order valence-electron chi connectivity index (χ3n) is 4.30. The highest BCUT2D eigenvalue weighted by Crippen LogP contribution is 2.27. The Morgan fingerprint density at radius 1 is 1.27 bits per heavy atom. The average molecular weight is 375 g/mol. The van der Waals surface area contributed by atoms with Crippen LogP contribution in [0.2, 0.25) is 5.02 Å². The fourth-order valence-corrected chi connectivity index (χ4v) is 2.84. The Morgan fingerprint density at radius 2 is 2.04 bits per heavy atom. The fourth-order valence-electron chi connectivity index (χ4n) is 2.64. The van der Waals surface area contributed by atoms with Crippen LogP contribution in [0.15, 0.2) is 42.5 Å². The second kappa shape index (κ2) is 8.16. The summed E-state index contributed by atoms with van der Waals surface area (Å²) in [6.07, 6.45) is 0. The zero-order valence-corrected chi connectivity index (χ0v) is 14.8. The molecular formula is C18H19ClN4O3. The van der Waals surface area contributed by atoms with Crippen LogP contribution < -0.4 is 16.0 Å². The third kappa shape index (κ3) is 4.30. The Hall–Kier alpha value is -2.64. The minimum atomic E-state index is -0.498. The van der Waals surface area contributed by atoms with Gasteiger partial charge in [-0.2, -0.15) is 0 Å². The molecule has 8 heteroatoms. The predicted octanol–water partition coefficient (Wildman–Crippen LogP) is 2.81. The summed E-state index contributed by atoms with van der Waals surface area (Å²) < 4.78 is 0. The van der Waals surface area contributed by atoms with Crippen LogP contribution in [0, 0.1) is 16.0 Å². The lowest BCUT2D eigenvalue weighted by Crippen LogP contribution is -2.48. The Kier molecular flexibility index (Phi) is 5.70. The molecule has 0 saturated carbocycles. The van der Waals surface area contributed by atoms with Crippen LogP contribution in [0.3, 0.4) is 0 Å². The average Bonchev–Trinajstić information content (AvgIpc) is 2.59. The van der Waals surface area contributed by atoms with Crippen molar-refractivity contribution >= 4 is 28.9 Å². The predicted molar refractivity (Wildman–Crippen MR) is 101 cm³/mol. The standard InChI is InChI=1S/C18H19ClN4O3/c19-15-4-2-1-3-14(15)11-21-16-6-5-13(7-17(16)23(25)26)18(24)22-10-12-8-20-9-12/h1-7,12,20-21H,8-11H2,(H,22,24). The van der Waals surface area contributed by atoms with Crippen LogP contribution in [-0.2, 0) is 6.54 Å². The number of anilines is 1. The first-order valence-electron chi connectivity index (χ1n) is 8.29. The molecule has 2 aromatic carbocycles. The van der Waals surface area contributed by atoms with Crippen LogP contribution in [0.25, 0.3) is 0 Å². The van der Waals surface area contributed by atoms with Crippen LogP contribution in [0.1, 0.15) is 15.9 Å². The molecule has 1 fully saturated rings. The highest BCUT2D eigenvalue weighted by molar-refractivity contribution is 6.31. The van der Waals surface area contributed by atoms with Crippen molar-refractivity contribution in [3.8, 4) is 0 Å². The molecule has 0 atom stereocenters. The van der Waals surface area contributed by atoms with E-state index in [1.165, 1.54) is 6.07 Å². The summed E-state index contributed by atoms with van der Waals surface area (Å²) in [5.74, 6) is 0.114. The summed E-state index contributed by atoms with van der Waals surface area (Å²) in [6, 6.07) is 11.7. The first-order chi connectivity index (χ1) is 12.5. The molecule has 136 valence electrons. The summed E-state index contributed by atoms with van der Waals surface area (Å²) >= 11 is 6.11. The van der Waals surface area contributed by atoms with Gasteiger partial charge in [-0.15, -0.1) is 0 Å². The van der Waals surface area contributed by atoms with Gasteiger partial charge in [0.2, 0.25) is 0 Å². The summed E-state index contributed by atoms with van der Waals surface area (Å²) in [4.78, 5) is 23.1. The molecule has 0 spiro atoms. The molecule has 0 unspecified atom stereocenters. The molecule has 0 radical (unpaired) electrons. The monoisotopic (exact) mass is 374 g/mol. The minimum Gasteiger partial charge on any atom is -0.375 e. The lowest BCUT2D eigenvalue weighted by atomic mass is 10.0. The summed E-state index contributed by atoms with van der Waals surface area (Å²) in [5, 5.41) is 20.9. The first kappa shape index (κ1) is 18.2. The Bertz CT molecular complexity index is 824. The van der Waals surface area contributed by atoms with Gasteiger partial charge < -0.3 is 16.0 Å². The lowest BCUT2D eigenvalue weighted by molar-refractivity contribution is -0.384. The molecule has 0 aromatic heterocycles. The molecular weight excluding hydrogens is 356 g/mol. The van der Waals surface area contributed by atoms with Gasteiger partial charge in [0.1, 0.15) is 5.69 Å². The molecule has 1 heterocycles. The molecule has 3 rings (SSSR count). The lowest BCUT2D eigenvalue weighted by Gasteiger charge is -2.27. The number of carbonyl (C=O) groups is 1. The van der Waals surface area contributed by atoms with Gasteiger partial charge in [0.25, 0.3) is 11.6 Å². The highest BCUT2D eigenvalue weighted by Gasteiger charge is 2.20. The number of nitro benzene ring substituents is 1. The van der Waals surface area contributed by atoms with E-state index in [0.717, 1.165) is 18.7 Å². The number of amides is 1. The Balaban J connectivity index is 1.70. The summed E-state index contributed by atoms with van der Waals surface area (Å²) in [5.41, 5.74) is 1.30. The normalized spacial score (nSPS) is 13.7. The maximum Gasteiger partial charge on any atom is 0.293 e. The van der Waals surface area contributed by atoms with Gasteiger partial charge in [0.15, 0.2) is 0 Å². The van der Waals surface area contributed by atoms with Crippen LogP contribution in [-0.4, -0.2) is 30.5 Å². The zero-order chi connectivity index (χ0) is 18.5. The number of hydrogen-bond acceptors (Lipinski definition) is 5. The summed E-state index contributed by atoms with van der Waals surface area (Å²) in [7, 11) is 0. The van der Waals surface area contributed by atoms with E-state index in [-0.39, 0.29) is 17.2 Å². The second-order valence-corrected chi connectivity index (χ2v) is 6.58. The van der Waals surface area contributed by atoms with E-state index in [9.17, 15) is 14.9 Å². The van der Waals surface area contributed by atoms with Gasteiger partial charge in [-0.05, 0) is 23.8 Å². The Morgan fingerprint density at radius 3 is 2.69 bits per heavy atom.